The summed E-state index contributed by atoms with van der Waals surface area (Å²) in [5, 5.41) is 33.9. The van der Waals surface area contributed by atoms with Gasteiger partial charge in [0.1, 0.15) is 23.4 Å². The van der Waals surface area contributed by atoms with Gasteiger partial charge in [-0.1, -0.05) is 0 Å². The number of aromatic hydroxyl groups is 3. The third-order valence-corrected chi connectivity index (χ3v) is 7.06. The Morgan fingerprint density at radius 3 is 2.20 bits per heavy atom. The highest BCUT2D eigenvalue weighted by molar-refractivity contribution is 5.98. The van der Waals surface area contributed by atoms with Crippen LogP contribution >= 0.6 is 0 Å². The van der Waals surface area contributed by atoms with Crippen molar-refractivity contribution in [2.24, 2.45) is 0 Å². The van der Waals surface area contributed by atoms with Crippen LogP contribution in [-0.4, -0.2) is 60.5 Å². The Morgan fingerprint density at radius 1 is 1.00 bits per heavy atom. The second-order valence-electron chi connectivity index (χ2n) is 9.29. The number of nitrogens with zero attached hydrogens (tertiary/aromatic N) is 1. The maximum atomic E-state index is 12.7. The number of esters is 1. The van der Waals surface area contributed by atoms with Crippen LogP contribution in [-0.2, 0) is 20.9 Å². The lowest BCUT2D eigenvalue weighted by Gasteiger charge is -2.25. The summed E-state index contributed by atoms with van der Waals surface area (Å²) in [6, 6.07) is 4.49. The van der Waals surface area contributed by atoms with E-state index in [2.05, 4.69) is 4.98 Å². The molecule has 2 heterocycles. The van der Waals surface area contributed by atoms with Crippen molar-refractivity contribution >= 4 is 11.8 Å². The summed E-state index contributed by atoms with van der Waals surface area (Å²) in [5.41, 5.74) is 1.68. The van der Waals surface area contributed by atoms with Crippen molar-refractivity contribution < 1.29 is 48.6 Å². The number of fused-ring (bicyclic) bond motifs is 1. The van der Waals surface area contributed by atoms with Crippen LogP contribution in [0.2, 0.25) is 0 Å². The number of carbonyl (C=O) groups is 2. The number of phenolic OH excluding ortho intramolecular Hbond substituents is 2. The third kappa shape index (κ3) is 4.84. The van der Waals surface area contributed by atoms with E-state index in [9.17, 15) is 24.9 Å². The Kier molecular flexibility index (Phi) is 8.06. The van der Waals surface area contributed by atoms with Crippen LogP contribution in [0.4, 0.5) is 0 Å². The first-order valence-corrected chi connectivity index (χ1v) is 12.3. The van der Waals surface area contributed by atoms with Crippen molar-refractivity contribution in [3.8, 4) is 34.5 Å². The lowest BCUT2D eigenvalue weighted by atomic mass is 9.82. The first-order chi connectivity index (χ1) is 19.1. The number of aromatic nitrogens is 1. The molecule has 2 atom stereocenters. The molecule has 0 aliphatic carbocycles. The second kappa shape index (κ2) is 11.3. The number of hydrogen-bond donors (Lipinski definition) is 3. The zero-order valence-electron chi connectivity index (χ0n) is 23.0. The number of ketones is 1. The standard InChI is InChI=1S/C29H31NO10/c1-13-25(33)23-16(11-30-13)12-40-28(23)19-9-17(14(2)31)26(34)24(27(19)35)18(10-22(32)38-5)15-7-20(36-3)29(39-6)21(8-15)37-4/h7-9,11,18,28,33-35H,10,12H2,1-6H3/t18-,28-/m0/s1. The lowest BCUT2D eigenvalue weighted by molar-refractivity contribution is -0.140. The van der Waals surface area contributed by atoms with Gasteiger partial charge in [0.15, 0.2) is 17.3 Å². The fourth-order valence-corrected chi connectivity index (χ4v) is 5.00. The van der Waals surface area contributed by atoms with E-state index >= 15 is 0 Å². The van der Waals surface area contributed by atoms with Crippen LogP contribution in [0.15, 0.2) is 24.4 Å². The van der Waals surface area contributed by atoms with Gasteiger partial charge in [-0.25, -0.2) is 0 Å². The predicted octanol–water partition coefficient (Wildman–Crippen LogP) is 4.05. The Balaban J connectivity index is 2.03. The number of Topliss-reactive ketones (excluding diaryl/α,β-unsaturated/α-hetero) is 1. The summed E-state index contributed by atoms with van der Waals surface area (Å²) in [6.45, 7) is 3.00. The highest BCUT2D eigenvalue weighted by Crippen LogP contribution is 2.52. The van der Waals surface area contributed by atoms with E-state index in [-0.39, 0.29) is 47.0 Å². The minimum atomic E-state index is -1.03. The average Bonchev–Trinajstić information content (AvgIpc) is 3.37. The first kappa shape index (κ1) is 28.5. The van der Waals surface area contributed by atoms with Gasteiger partial charge in [-0.3, -0.25) is 14.6 Å². The smallest absolute Gasteiger partial charge is 0.306 e. The molecule has 0 unspecified atom stereocenters. The fourth-order valence-electron chi connectivity index (χ4n) is 5.00. The molecule has 0 bridgehead atoms. The Morgan fingerprint density at radius 2 is 1.65 bits per heavy atom. The molecule has 1 aromatic heterocycles. The van der Waals surface area contributed by atoms with Gasteiger partial charge in [-0.05, 0) is 37.6 Å². The second-order valence-corrected chi connectivity index (χ2v) is 9.29. The first-order valence-electron chi connectivity index (χ1n) is 12.3. The Labute approximate surface area is 230 Å². The van der Waals surface area contributed by atoms with Crippen molar-refractivity contribution in [3.63, 3.8) is 0 Å². The Bertz CT molecular complexity index is 1460. The molecule has 1 aliphatic heterocycles. The van der Waals surface area contributed by atoms with Crippen LogP contribution in [0.1, 0.15) is 69.2 Å². The lowest BCUT2D eigenvalue weighted by Crippen LogP contribution is -2.14. The van der Waals surface area contributed by atoms with Crippen LogP contribution < -0.4 is 14.2 Å². The molecule has 11 nitrogen and oxygen atoms in total. The molecule has 212 valence electrons. The third-order valence-electron chi connectivity index (χ3n) is 7.06. The zero-order valence-corrected chi connectivity index (χ0v) is 23.0. The van der Waals surface area contributed by atoms with Crippen LogP contribution in [0, 0.1) is 6.92 Å². The van der Waals surface area contributed by atoms with Crippen molar-refractivity contribution in [3.05, 3.63) is 63.5 Å². The topological polar surface area (TPSA) is 154 Å². The number of aryl methyl sites for hydroxylation is 1. The SMILES string of the molecule is COC(=O)C[C@@H](c1cc(OC)c(OC)c(OC)c1)c1c(O)c(C(C)=O)cc([C@@H]2OCc3cnc(C)c(O)c32)c1O. The average molecular weight is 554 g/mol. The number of methoxy groups -OCH3 is 4. The summed E-state index contributed by atoms with van der Waals surface area (Å²) in [7, 11) is 5.52. The molecule has 4 rings (SSSR count). The van der Waals surface area contributed by atoms with E-state index in [1.165, 1.54) is 41.4 Å². The minimum absolute atomic E-state index is 0.102. The van der Waals surface area contributed by atoms with Crippen molar-refractivity contribution in [1.29, 1.82) is 0 Å². The summed E-state index contributed by atoms with van der Waals surface area (Å²) in [6.07, 6.45) is 0.269. The molecule has 2 aromatic carbocycles. The number of ether oxygens (including phenoxy) is 5. The summed E-state index contributed by atoms with van der Waals surface area (Å²) < 4.78 is 27.2. The number of hydrogen-bond acceptors (Lipinski definition) is 11. The van der Waals surface area contributed by atoms with Gasteiger partial charge in [0.05, 0.1) is 52.7 Å². The van der Waals surface area contributed by atoms with Gasteiger partial charge in [0.25, 0.3) is 0 Å². The molecule has 3 N–H and O–H groups in total. The molecule has 0 radical (unpaired) electrons. The summed E-state index contributed by atoms with van der Waals surface area (Å²) in [4.78, 5) is 29.5. The molecular formula is C29H31NO10. The van der Waals surface area contributed by atoms with E-state index in [1.807, 2.05) is 0 Å². The van der Waals surface area contributed by atoms with Gasteiger partial charge in [0, 0.05) is 34.4 Å². The number of pyridine rings is 1. The fraction of sp³-hybridized carbons (Fsp3) is 0.345. The van der Waals surface area contributed by atoms with E-state index < -0.39 is 35.3 Å². The minimum Gasteiger partial charge on any atom is -0.507 e. The van der Waals surface area contributed by atoms with Gasteiger partial charge in [-0.15, -0.1) is 0 Å². The van der Waals surface area contributed by atoms with Gasteiger partial charge < -0.3 is 39.0 Å². The maximum Gasteiger partial charge on any atom is 0.306 e. The van der Waals surface area contributed by atoms with Crippen molar-refractivity contribution in [2.75, 3.05) is 28.4 Å². The van der Waals surface area contributed by atoms with Crippen LogP contribution in [0.5, 0.6) is 34.5 Å². The molecule has 0 saturated carbocycles. The zero-order chi connectivity index (χ0) is 29.3. The molecule has 3 aromatic rings. The largest absolute Gasteiger partial charge is 0.507 e. The highest BCUT2D eigenvalue weighted by Gasteiger charge is 2.37. The van der Waals surface area contributed by atoms with Crippen LogP contribution in [0.25, 0.3) is 0 Å². The molecule has 0 spiro atoms. The number of benzene rings is 2. The quantitative estimate of drug-likeness (QED) is 0.260. The molecular weight excluding hydrogens is 522 g/mol. The van der Waals surface area contributed by atoms with Crippen LogP contribution in [0.3, 0.4) is 0 Å². The number of rotatable bonds is 9. The van der Waals surface area contributed by atoms with Crippen molar-refractivity contribution in [2.45, 2.75) is 38.9 Å². The van der Waals surface area contributed by atoms with Gasteiger partial charge in [0.2, 0.25) is 5.75 Å². The van der Waals surface area contributed by atoms with E-state index in [4.69, 9.17) is 23.7 Å². The monoisotopic (exact) mass is 553 g/mol. The predicted molar refractivity (Wildman–Crippen MR) is 142 cm³/mol. The summed E-state index contributed by atoms with van der Waals surface area (Å²) >= 11 is 0. The van der Waals surface area contributed by atoms with Gasteiger partial charge >= 0.3 is 5.97 Å². The Hall–Kier alpha value is -4.51. The van der Waals surface area contributed by atoms with E-state index in [0.29, 0.717) is 28.1 Å². The summed E-state index contributed by atoms with van der Waals surface area (Å²) in [5.74, 6) is -2.36. The maximum absolute atomic E-state index is 12.7. The molecule has 11 heteroatoms. The van der Waals surface area contributed by atoms with E-state index in [1.54, 1.807) is 25.3 Å². The molecule has 0 fully saturated rings. The number of carbonyl (C=O) groups excluding carboxylic acids is 2. The molecule has 1 aliphatic rings. The van der Waals surface area contributed by atoms with Gasteiger partial charge in [-0.2, -0.15) is 0 Å². The van der Waals surface area contributed by atoms with E-state index in [0.717, 1.165) is 0 Å². The normalized spacial score (nSPS) is 14.8. The molecule has 0 amide bonds. The molecule has 0 saturated heterocycles. The molecule has 40 heavy (non-hydrogen) atoms. The number of phenols is 2. The highest BCUT2D eigenvalue weighted by atomic mass is 16.5. The van der Waals surface area contributed by atoms with Crippen molar-refractivity contribution in [1.82, 2.24) is 4.98 Å².